The molecule has 1 spiro atoms. The minimum Gasteiger partial charge on any atom is -0.369 e. The molecule has 2 fully saturated rings. The van der Waals surface area contributed by atoms with Crippen LogP contribution in [-0.4, -0.2) is 36.0 Å². The van der Waals surface area contributed by atoms with Gasteiger partial charge in [0.15, 0.2) is 0 Å². The number of rotatable bonds is 1. The van der Waals surface area contributed by atoms with Gasteiger partial charge in [-0.15, -0.1) is 0 Å². The Labute approximate surface area is 127 Å². The molecule has 6 heteroatoms. The Hall–Kier alpha value is -0.880. The summed E-state index contributed by atoms with van der Waals surface area (Å²) in [7, 11) is 1.68. The average Bonchev–Trinajstić information content (AvgIpc) is 2.46. The van der Waals surface area contributed by atoms with Gasteiger partial charge in [-0.1, -0.05) is 0 Å². The first-order valence-electron chi connectivity index (χ1n) is 7.29. The molecule has 1 aromatic heterocycles. The number of hydrogen-bond acceptors (Lipinski definition) is 4. The van der Waals surface area contributed by atoms with Gasteiger partial charge in [0.25, 0.3) is 5.56 Å². The summed E-state index contributed by atoms with van der Waals surface area (Å²) in [6.45, 7) is 4.26. The van der Waals surface area contributed by atoms with E-state index in [9.17, 15) is 4.79 Å². The third kappa shape index (κ3) is 2.51. The first kappa shape index (κ1) is 14.1. The number of piperidine rings is 2. The molecule has 5 nitrogen and oxygen atoms in total. The van der Waals surface area contributed by atoms with E-state index in [1.54, 1.807) is 13.2 Å². The molecule has 1 atom stereocenters. The molecule has 3 rings (SSSR count). The fourth-order valence-corrected chi connectivity index (χ4v) is 4.12. The number of halogens is 1. The number of hydrogen-bond donors (Lipinski definition) is 1. The maximum absolute atomic E-state index is 12.0. The number of nitrogens with zero attached hydrogens (tertiary/aromatic N) is 3. The van der Waals surface area contributed by atoms with Gasteiger partial charge in [0.05, 0.1) is 11.9 Å². The van der Waals surface area contributed by atoms with Gasteiger partial charge in [0, 0.05) is 32.1 Å². The fraction of sp³-hybridized carbons (Fsp3) is 0.714. The molecule has 1 aromatic rings. The predicted octanol–water partition coefficient (Wildman–Crippen LogP) is 1.51. The largest absolute Gasteiger partial charge is 0.369 e. The van der Waals surface area contributed by atoms with Crippen LogP contribution in [0.25, 0.3) is 0 Å². The van der Waals surface area contributed by atoms with E-state index in [1.807, 2.05) is 0 Å². The molecule has 0 bridgehead atoms. The van der Waals surface area contributed by atoms with Gasteiger partial charge >= 0.3 is 0 Å². The van der Waals surface area contributed by atoms with Gasteiger partial charge in [-0.3, -0.25) is 4.79 Å². The van der Waals surface area contributed by atoms with Crippen molar-refractivity contribution in [3.8, 4) is 0 Å². The lowest BCUT2D eigenvalue weighted by atomic mass is 9.74. The van der Waals surface area contributed by atoms with Crippen LogP contribution in [0.4, 0.5) is 5.69 Å². The van der Waals surface area contributed by atoms with Crippen LogP contribution in [0.15, 0.2) is 15.5 Å². The number of aromatic nitrogens is 2. The molecule has 1 N–H and O–H groups in total. The van der Waals surface area contributed by atoms with E-state index in [-0.39, 0.29) is 5.56 Å². The zero-order valence-corrected chi connectivity index (χ0v) is 13.4. The van der Waals surface area contributed by atoms with Gasteiger partial charge in [0.2, 0.25) is 0 Å². The number of anilines is 1. The average molecular weight is 341 g/mol. The highest BCUT2D eigenvalue weighted by Crippen LogP contribution is 2.38. The number of aryl methyl sites for hydroxylation is 1. The molecule has 20 heavy (non-hydrogen) atoms. The highest BCUT2D eigenvalue weighted by molar-refractivity contribution is 9.10. The van der Waals surface area contributed by atoms with E-state index in [0.717, 1.165) is 31.9 Å². The Morgan fingerprint density at radius 3 is 2.95 bits per heavy atom. The predicted molar refractivity (Wildman–Crippen MR) is 83.2 cm³/mol. The Kier molecular flexibility index (Phi) is 3.86. The zero-order chi connectivity index (χ0) is 14.2. The third-order valence-electron chi connectivity index (χ3n) is 4.62. The molecule has 0 aliphatic carbocycles. The Morgan fingerprint density at radius 2 is 2.20 bits per heavy atom. The lowest BCUT2D eigenvalue weighted by Gasteiger charge is -2.46. The van der Waals surface area contributed by atoms with Gasteiger partial charge in [0.1, 0.15) is 4.47 Å². The van der Waals surface area contributed by atoms with E-state index in [0.29, 0.717) is 9.89 Å². The summed E-state index contributed by atoms with van der Waals surface area (Å²) in [5, 5.41) is 7.70. The van der Waals surface area contributed by atoms with Crippen LogP contribution in [0.5, 0.6) is 0 Å². The molecular formula is C14H21BrN4O. The first-order chi connectivity index (χ1) is 9.61. The number of nitrogens with one attached hydrogen (secondary N) is 1. The summed E-state index contributed by atoms with van der Waals surface area (Å²) in [5.74, 6) is 0. The maximum Gasteiger partial charge on any atom is 0.282 e. The SMILES string of the molecule is Cn1ncc(N2CCCC3(CCCNC3)C2)c(Br)c1=O. The van der Waals surface area contributed by atoms with Gasteiger partial charge in [-0.25, -0.2) is 4.68 Å². The molecule has 110 valence electrons. The van der Waals surface area contributed by atoms with Crippen LogP contribution in [0.3, 0.4) is 0 Å². The van der Waals surface area contributed by atoms with E-state index >= 15 is 0 Å². The van der Waals surface area contributed by atoms with Crippen LogP contribution < -0.4 is 15.8 Å². The van der Waals surface area contributed by atoms with Crippen molar-refractivity contribution in [3.05, 3.63) is 21.0 Å². The standard InChI is InChI=1S/C14H21BrN4O/c1-18-13(20)12(15)11(8-17-18)19-7-3-5-14(10-19)4-2-6-16-9-14/h8,16H,2-7,9-10H2,1H3. The smallest absolute Gasteiger partial charge is 0.282 e. The van der Waals surface area contributed by atoms with Gasteiger partial charge < -0.3 is 10.2 Å². The molecule has 2 aliphatic rings. The van der Waals surface area contributed by atoms with Crippen molar-refractivity contribution >= 4 is 21.6 Å². The Morgan fingerprint density at radius 1 is 1.40 bits per heavy atom. The second-order valence-corrected chi connectivity index (χ2v) is 6.87. The van der Waals surface area contributed by atoms with Crippen LogP contribution in [0.1, 0.15) is 25.7 Å². The minimum absolute atomic E-state index is 0.0658. The summed E-state index contributed by atoms with van der Waals surface area (Å²) < 4.78 is 2.01. The van der Waals surface area contributed by atoms with Crippen LogP contribution in [0.2, 0.25) is 0 Å². The molecule has 0 amide bonds. The second kappa shape index (κ2) is 5.48. The van der Waals surface area contributed by atoms with Gasteiger partial charge in [-0.05, 0) is 48.2 Å². The lowest BCUT2D eigenvalue weighted by Crippen LogP contribution is -2.51. The monoisotopic (exact) mass is 340 g/mol. The van der Waals surface area contributed by atoms with Crippen molar-refractivity contribution < 1.29 is 0 Å². The summed E-state index contributed by atoms with van der Waals surface area (Å²) in [4.78, 5) is 14.3. The van der Waals surface area contributed by atoms with Crippen LogP contribution >= 0.6 is 15.9 Å². The Balaban J connectivity index is 1.87. The quantitative estimate of drug-likeness (QED) is 0.841. The molecule has 0 radical (unpaired) electrons. The van der Waals surface area contributed by atoms with Crippen molar-refractivity contribution in [1.82, 2.24) is 15.1 Å². The normalized spacial score (nSPS) is 27.0. The van der Waals surface area contributed by atoms with Crippen molar-refractivity contribution in [3.63, 3.8) is 0 Å². The van der Waals surface area contributed by atoms with E-state index < -0.39 is 0 Å². The van der Waals surface area contributed by atoms with E-state index in [4.69, 9.17) is 0 Å². The molecular weight excluding hydrogens is 320 g/mol. The highest BCUT2D eigenvalue weighted by Gasteiger charge is 2.37. The molecule has 2 aliphatic heterocycles. The third-order valence-corrected chi connectivity index (χ3v) is 5.37. The van der Waals surface area contributed by atoms with E-state index in [1.165, 1.54) is 30.4 Å². The topological polar surface area (TPSA) is 50.2 Å². The molecule has 0 aromatic carbocycles. The summed E-state index contributed by atoms with van der Waals surface area (Å²) >= 11 is 3.45. The lowest BCUT2D eigenvalue weighted by molar-refractivity contribution is 0.173. The summed E-state index contributed by atoms with van der Waals surface area (Å²) in [5.41, 5.74) is 1.25. The van der Waals surface area contributed by atoms with Crippen molar-refractivity contribution in [2.45, 2.75) is 25.7 Å². The van der Waals surface area contributed by atoms with Crippen LogP contribution in [0, 0.1) is 5.41 Å². The van der Waals surface area contributed by atoms with E-state index in [2.05, 4.69) is 31.2 Å². The van der Waals surface area contributed by atoms with Gasteiger partial charge in [-0.2, -0.15) is 5.10 Å². The van der Waals surface area contributed by atoms with Crippen molar-refractivity contribution in [1.29, 1.82) is 0 Å². The highest BCUT2D eigenvalue weighted by atomic mass is 79.9. The fourth-order valence-electron chi connectivity index (χ4n) is 3.51. The molecule has 3 heterocycles. The van der Waals surface area contributed by atoms with Crippen LogP contribution in [-0.2, 0) is 7.05 Å². The van der Waals surface area contributed by atoms with Crippen molar-refractivity contribution in [2.75, 3.05) is 31.1 Å². The zero-order valence-electron chi connectivity index (χ0n) is 11.9. The Bertz CT molecular complexity index is 545. The molecule has 1 unspecified atom stereocenters. The second-order valence-electron chi connectivity index (χ2n) is 6.08. The van der Waals surface area contributed by atoms with Crippen molar-refractivity contribution in [2.24, 2.45) is 12.5 Å². The first-order valence-corrected chi connectivity index (χ1v) is 8.08. The summed E-state index contributed by atoms with van der Waals surface area (Å²) in [6, 6.07) is 0. The minimum atomic E-state index is -0.0658. The molecule has 0 saturated carbocycles. The molecule has 2 saturated heterocycles. The maximum atomic E-state index is 12.0. The summed E-state index contributed by atoms with van der Waals surface area (Å²) in [6.07, 6.45) is 6.81.